The Hall–Kier alpha value is -4.90. The number of aliphatic carboxylic acids is 1. The molecule has 70 heavy (non-hydrogen) atoms. The van der Waals surface area contributed by atoms with Gasteiger partial charge in [0.05, 0.1) is 33.5 Å². The third-order valence-corrected chi connectivity index (χ3v) is 14.4. The van der Waals surface area contributed by atoms with E-state index in [9.17, 15) is 9.59 Å². The normalized spacial score (nSPS) is 17.9. The molecule has 0 radical (unpaired) electrons. The lowest BCUT2D eigenvalue weighted by molar-refractivity contribution is -0.149. The van der Waals surface area contributed by atoms with Crippen LogP contribution in [-0.2, 0) is 70.4 Å². The van der Waals surface area contributed by atoms with Gasteiger partial charge in [-0.2, -0.15) is 0 Å². The number of hydrogen-bond donors (Lipinski definition) is 3. The van der Waals surface area contributed by atoms with Crippen LogP contribution in [0.25, 0.3) is 0 Å². The second-order valence-electron chi connectivity index (χ2n) is 20.0. The molecule has 3 N–H and O–H groups in total. The van der Waals surface area contributed by atoms with E-state index in [0.717, 1.165) is 91.8 Å². The Morgan fingerprint density at radius 1 is 0.571 bits per heavy atom. The highest BCUT2D eigenvalue weighted by atomic mass is 16.6. The average Bonchev–Trinajstić information content (AvgIpc) is 3.35. The summed E-state index contributed by atoms with van der Waals surface area (Å²) in [5, 5.41) is 16.3. The number of carbonyl (C=O) groups excluding carboxylic acids is 1. The fourth-order valence-electron chi connectivity index (χ4n) is 10.0. The summed E-state index contributed by atoms with van der Waals surface area (Å²) in [4.78, 5) is 31.8. The molecule has 2 fully saturated rings. The molecule has 0 spiro atoms. The number of carbonyl (C=O) groups is 2. The standard InChI is InChI=1S/2C28H39N3O4/c1-5-34-19-22-6-8-23-26(17-22)29-25-9-7-21(16-24(25)28(23,2)3)18-31-12-10-30(11-13-31)14-15-35-20-27(32)33-4;1-5-34-19-22-6-8-23-26(17-22)29-25-9-7-21(16-24(25)28(23,3)4)18-31-12-10-30(11-13-31)14-15-35-20(2)27(32)33/h6-9,16-17,29H,5,10-15,18-20H2,1-4H3;6-9,16-17,20,29H,5,10-15,18-19H2,1-4H3,(H,32,33). The maximum absolute atomic E-state index is 11.1. The van der Waals surface area contributed by atoms with E-state index in [2.05, 4.69) is 135 Å². The number of nitrogens with one attached hydrogen (secondary N) is 2. The fourth-order valence-corrected chi connectivity index (χ4v) is 10.0. The number of fused-ring (bicyclic) bond motifs is 4. The summed E-state index contributed by atoms with van der Waals surface area (Å²) in [5.74, 6) is -1.24. The number of esters is 1. The molecule has 4 aliphatic rings. The van der Waals surface area contributed by atoms with Gasteiger partial charge in [0.1, 0.15) is 6.61 Å². The number of piperazine rings is 2. The van der Waals surface area contributed by atoms with Crippen molar-refractivity contribution in [1.29, 1.82) is 0 Å². The van der Waals surface area contributed by atoms with Gasteiger partial charge in [-0.3, -0.25) is 19.6 Å². The van der Waals surface area contributed by atoms with Gasteiger partial charge in [-0.05, 0) is 89.5 Å². The maximum Gasteiger partial charge on any atom is 0.332 e. The van der Waals surface area contributed by atoms with Crippen molar-refractivity contribution < 1.29 is 38.4 Å². The summed E-state index contributed by atoms with van der Waals surface area (Å²) in [6.45, 7) is 30.2. The number of methoxy groups -OCH3 is 1. The second kappa shape index (κ2) is 24.5. The van der Waals surface area contributed by atoms with Crippen LogP contribution < -0.4 is 10.6 Å². The molecule has 380 valence electrons. The predicted octanol–water partition coefficient (Wildman–Crippen LogP) is 8.13. The van der Waals surface area contributed by atoms with E-state index < -0.39 is 12.1 Å². The summed E-state index contributed by atoms with van der Waals surface area (Å²) >= 11 is 0. The lowest BCUT2D eigenvalue weighted by Crippen LogP contribution is -2.47. The van der Waals surface area contributed by atoms with Gasteiger partial charge in [0.25, 0.3) is 0 Å². The molecule has 0 aromatic heterocycles. The van der Waals surface area contributed by atoms with Gasteiger partial charge in [-0.15, -0.1) is 0 Å². The molecule has 4 aromatic carbocycles. The second-order valence-corrected chi connectivity index (χ2v) is 20.0. The average molecular weight is 963 g/mol. The third-order valence-electron chi connectivity index (χ3n) is 14.4. The van der Waals surface area contributed by atoms with Crippen molar-refractivity contribution in [2.75, 3.05) is 116 Å². The van der Waals surface area contributed by atoms with Gasteiger partial charge in [0, 0.05) is 125 Å². The van der Waals surface area contributed by atoms with Gasteiger partial charge in [-0.1, -0.05) is 76.2 Å². The quantitative estimate of drug-likeness (QED) is 0.0581. The van der Waals surface area contributed by atoms with Crippen LogP contribution in [0, 0.1) is 0 Å². The molecule has 2 saturated heterocycles. The minimum atomic E-state index is -0.909. The molecule has 0 amide bonds. The molecule has 0 aliphatic carbocycles. The van der Waals surface area contributed by atoms with Crippen molar-refractivity contribution in [3.8, 4) is 0 Å². The highest BCUT2D eigenvalue weighted by Crippen LogP contribution is 2.47. The zero-order valence-electron chi connectivity index (χ0n) is 43.0. The number of rotatable bonds is 20. The van der Waals surface area contributed by atoms with Crippen LogP contribution in [0.4, 0.5) is 22.7 Å². The monoisotopic (exact) mass is 963 g/mol. The molecule has 1 atom stereocenters. The van der Waals surface area contributed by atoms with Crippen molar-refractivity contribution >= 4 is 34.7 Å². The number of carboxylic acid groups (broad SMARTS) is 1. The van der Waals surface area contributed by atoms with Crippen molar-refractivity contribution in [1.82, 2.24) is 19.6 Å². The van der Waals surface area contributed by atoms with Crippen LogP contribution in [0.2, 0.25) is 0 Å². The molecule has 1 unspecified atom stereocenters. The topological polar surface area (TPSA) is 138 Å². The number of carboxylic acids is 1. The van der Waals surface area contributed by atoms with Crippen LogP contribution in [0.5, 0.6) is 0 Å². The number of ether oxygens (including phenoxy) is 5. The summed E-state index contributed by atoms with van der Waals surface area (Å²) in [5.41, 5.74) is 15.0. The van der Waals surface area contributed by atoms with Gasteiger partial charge < -0.3 is 39.4 Å². The Morgan fingerprint density at radius 3 is 1.43 bits per heavy atom. The molecule has 4 heterocycles. The predicted molar refractivity (Wildman–Crippen MR) is 277 cm³/mol. The van der Waals surface area contributed by atoms with Gasteiger partial charge in [0.15, 0.2) is 6.10 Å². The van der Waals surface area contributed by atoms with E-state index in [4.69, 9.17) is 24.1 Å². The maximum atomic E-state index is 11.1. The van der Waals surface area contributed by atoms with Crippen LogP contribution in [0.1, 0.15) is 93.0 Å². The van der Waals surface area contributed by atoms with Crippen molar-refractivity contribution in [2.45, 2.75) is 91.7 Å². The smallest absolute Gasteiger partial charge is 0.332 e. The lowest BCUT2D eigenvalue weighted by Gasteiger charge is -2.37. The first-order valence-corrected chi connectivity index (χ1v) is 25.3. The summed E-state index contributed by atoms with van der Waals surface area (Å²) in [7, 11) is 1.38. The van der Waals surface area contributed by atoms with Crippen molar-refractivity contribution in [2.24, 2.45) is 0 Å². The minimum absolute atomic E-state index is 0.0267. The molecule has 0 bridgehead atoms. The highest BCUT2D eigenvalue weighted by Gasteiger charge is 2.35. The molecule has 8 rings (SSSR count). The molecule has 4 aromatic rings. The fraction of sp³-hybridized carbons (Fsp3) is 0.536. The Bertz CT molecular complexity index is 2370. The Balaban J connectivity index is 0.000000206. The van der Waals surface area contributed by atoms with E-state index in [0.29, 0.717) is 26.4 Å². The lowest BCUT2D eigenvalue weighted by atomic mass is 9.73. The number of benzene rings is 4. The van der Waals surface area contributed by atoms with E-state index in [1.807, 2.05) is 13.8 Å². The third kappa shape index (κ3) is 13.5. The van der Waals surface area contributed by atoms with Crippen molar-refractivity contribution in [3.63, 3.8) is 0 Å². The molecule has 14 heteroatoms. The number of anilines is 4. The van der Waals surface area contributed by atoms with Crippen LogP contribution >= 0.6 is 0 Å². The Kier molecular flexibility index (Phi) is 18.5. The zero-order valence-corrected chi connectivity index (χ0v) is 43.0. The first kappa shape index (κ1) is 52.9. The van der Waals surface area contributed by atoms with E-state index in [1.54, 1.807) is 6.92 Å². The first-order valence-electron chi connectivity index (χ1n) is 25.3. The number of hydrogen-bond acceptors (Lipinski definition) is 13. The van der Waals surface area contributed by atoms with Crippen molar-refractivity contribution in [3.05, 3.63) is 117 Å². The Labute approximate surface area is 416 Å². The summed E-state index contributed by atoms with van der Waals surface area (Å²) in [6, 6.07) is 27.0. The molecule has 4 aliphatic heterocycles. The minimum Gasteiger partial charge on any atom is -0.479 e. The highest BCUT2D eigenvalue weighted by molar-refractivity contribution is 5.77. The Morgan fingerprint density at radius 2 is 1.00 bits per heavy atom. The number of nitrogens with zero attached hydrogens (tertiary/aromatic N) is 4. The zero-order chi connectivity index (χ0) is 49.8. The van der Waals surface area contributed by atoms with Crippen LogP contribution in [0.3, 0.4) is 0 Å². The molecule has 0 saturated carbocycles. The first-order chi connectivity index (χ1) is 33.7. The van der Waals surface area contributed by atoms with Crippen LogP contribution in [0.15, 0.2) is 72.8 Å². The van der Waals surface area contributed by atoms with E-state index in [1.165, 1.54) is 74.4 Å². The van der Waals surface area contributed by atoms with Gasteiger partial charge >= 0.3 is 11.9 Å². The van der Waals surface area contributed by atoms with Gasteiger partial charge in [-0.25, -0.2) is 9.59 Å². The SMILES string of the molecule is CCOCc1ccc2c(c1)Nc1ccc(CN3CCN(CCOC(C)C(=O)O)CC3)cc1C2(C)C.CCOCc1ccc2c(c1)Nc1ccc(CN3CCN(CCOCC(=O)OC)CC3)cc1C2(C)C. The van der Waals surface area contributed by atoms with E-state index in [-0.39, 0.29) is 23.4 Å². The summed E-state index contributed by atoms with van der Waals surface area (Å²) in [6.07, 6.45) is -0.747. The van der Waals surface area contributed by atoms with Crippen LogP contribution in [-0.4, -0.2) is 148 Å². The summed E-state index contributed by atoms with van der Waals surface area (Å²) < 4.78 is 26.6. The molecular weight excluding hydrogens is 885 g/mol. The molecular formula is C56H78N6O8. The van der Waals surface area contributed by atoms with E-state index >= 15 is 0 Å². The van der Waals surface area contributed by atoms with Gasteiger partial charge in [0.2, 0.25) is 0 Å². The molecule has 14 nitrogen and oxygen atoms in total. The largest absolute Gasteiger partial charge is 0.479 e.